The highest BCUT2D eigenvalue weighted by molar-refractivity contribution is 7.66. The highest BCUT2D eigenvalue weighted by Gasteiger charge is 2.47. The molecule has 0 radical (unpaired) electrons. The lowest BCUT2D eigenvalue weighted by atomic mass is 9.95. The van der Waals surface area contributed by atoms with Crippen molar-refractivity contribution in [2.45, 2.75) is 24.9 Å². The smallest absolute Gasteiger partial charge is 0.388 e. The number of nitriles is 1. The molecule has 20 heteroatoms. The van der Waals surface area contributed by atoms with Gasteiger partial charge in [-0.3, -0.25) is 18.9 Å². The quantitative estimate of drug-likeness (QED) is 0.211. The summed E-state index contributed by atoms with van der Waals surface area (Å²) in [7, 11) is -16.8. The van der Waals surface area contributed by atoms with E-state index in [0.29, 0.717) is 0 Å². The third-order valence-corrected chi connectivity index (χ3v) is 7.60. The Labute approximate surface area is 171 Å². The first-order valence-corrected chi connectivity index (χ1v) is 12.5. The van der Waals surface area contributed by atoms with Crippen LogP contribution in [-0.4, -0.2) is 53.0 Å². The Morgan fingerprint density at radius 2 is 1.81 bits per heavy atom. The van der Waals surface area contributed by atoms with Crippen LogP contribution < -0.4 is 11.2 Å². The number of phosphoric acid groups is 3. The van der Waals surface area contributed by atoms with Gasteiger partial charge in [-0.2, -0.15) is 13.9 Å². The monoisotopic (exact) mass is 507 g/mol. The van der Waals surface area contributed by atoms with Gasteiger partial charge in [0.25, 0.3) is 5.56 Å². The minimum Gasteiger partial charge on any atom is -0.388 e. The van der Waals surface area contributed by atoms with Crippen molar-refractivity contribution in [2.24, 2.45) is 5.92 Å². The molecule has 2 rings (SSSR count). The molecular formula is C11H16N3O14P3. The largest absolute Gasteiger partial charge is 0.490 e. The van der Waals surface area contributed by atoms with Crippen molar-refractivity contribution in [1.29, 1.82) is 5.26 Å². The van der Waals surface area contributed by atoms with Crippen LogP contribution in [-0.2, 0) is 31.6 Å². The molecule has 6 atom stereocenters. The van der Waals surface area contributed by atoms with Crippen LogP contribution in [0.15, 0.2) is 21.9 Å². The summed E-state index contributed by atoms with van der Waals surface area (Å²) in [5.74, 6) is -1.08. The molecule has 6 N–H and O–H groups in total. The molecule has 6 unspecified atom stereocenters. The maximum absolute atomic E-state index is 11.9. The Hall–Kier alpha value is -1.50. The van der Waals surface area contributed by atoms with E-state index < -0.39 is 65.7 Å². The fraction of sp³-hybridized carbons (Fsp3) is 0.545. The second-order valence-electron chi connectivity index (χ2n) is 5.99. The second-order valence-corrected chi connectivity index (χ2v) is 10.4. The molecule has 0 aliphatic carbocycles. The fourth-order valence-electron chi connectivity index (χ4n) is 2.64. The van der Waals surface area contributed by atoms with Crippen LogP contribution in [0.3, 0.4) is 0 Å². The zero-order chi connectivity index (χ0) is 23.6. The van der Waals surface area contributed by atoms with Gasteiger partial charge in [0.2, 0.25) is 0 Å². The number of H-pyrrole nitrogens is 1. The zero-order valence-electron chi connectivity index (χ0n) is 15.0. The normalized spacial score (nSPS) is 27.9. The summed E-state index contributed by atoms with van der Waals surface area (Å²) in [6.07, 6.45) is -3.65. The van der Waals surface area contributed by atoms with Crippen molar-refractivity contribution >= 4 is 23.5 Å². The molecule has 1 fully saturated rings. The summed E-state index contributed by atoms with van der Waals surface area (Å²) >= 11 is 0. The third kappa shape index (κ3) is 7.26. The number of ether oxygens (including phenoxy) is 1. The topological polar surface area (TPSA) is 268 Å². The fourth-order valence-corrected chi connectivity index (χ4v) is 5.67. The maximum Gasteiger partial charge on any atom is 0.490 e. The van der Waals surface area contributed by atoms with Crippen LogP contribution in [0.1, 0.15) is 12.6 Å². The summed E-state index contributed by atoms with van der Waals surface area (Å²) in [5, 5.41) is 19.3. The molecule has 0 amide bonds. The van der Waals surface area contributed by atoms with Gasteiger partial charge in [0.1, 0.15) is 6.10 Å². The number of aliphatic hydroxyl groups is 1. The molecule has 1 aromatic heterocycles. The SMILES string of the molecule is N#CCC1C(COP(=O)(O)OP(=O)(O)OP(=O)(O)O)OC(n2ccc(=O)[nH]c2=O)C1O. The first-order valence-electron chi connectivity index (χ1n) is 7.94. The van der Waals surface area contributed by atoms with Crippen LogP contribution in [0.5, 0.6) is 0 Å². The first kappa shape index (κ1) is 25.8. The number of aromatic amines is 1. The summed E-state index contributed by atoms with van der Waals surface area (Å²) in [4.78, 5) is 60.6. The number of aromatic nitrogens is 2. The van der Waals surface area contributed by atoms with E-state index in [1.54, 1.807) is 6.07 Å². The second kappa shape index (κ2) is 9.55. The number of hydrogen-bond donors (Lipinski definition) is 6. The summed E-state index contributed by atoms with van der Waals surface area (Å²) in [6.45, 7) is -0.929. The number of hydrogen-bond acceptors (Lipinski definition) is 11. The number of aliphatic hydroxyl groups excluding tert-OH is 1. The van der Waals surface area contributed by atoms with Crippen LogP contribution in [0, 0.1) is 17.2 Å². The highest BCUT2D eigenvalue weighted by atomic mass is 31.3. The van der Waals surface area contributed by atoms with E-state index in [1.165, 1.54) is 0 Å². The van der Waals surface area contributed by atoms with Gasteiger partial charge in [-0.05, 0) is 0 Å². The first-order chi connectivity index (χ1) is 14.1. The maximum atomic E-state index is 11.9. The standard InChI is InChI=1S/C11H16N3O14P3/c12-3-1-6-7(5-25-30(21,22)28-31(23,24)27-29(18,19)20)26-10(9(6)16)14-4-2-8(15)13-11(14)17/h2,4,6-7,9-10,16H,1,5H2,(H,21,22)(H,23,24)(H,13,15,17)(H2,18,19,20). The summed E-state index contributed by atoms with van der Waals surface area (Å²) in [6, 6.07) is 2.69. The van der Waals surface area contributed by atoms with E-state index >= 15 is 0 Å². The molecule has 1 saturated heterocycles. The summed E-state index contributed by atoms with van der Waals surface area (Å²) < 4.78 is 51.5. The minimum absolute atomic E-state index is 0.375. The number of rotatable bonds is 9. The Bertz CT molecular complexity index is 1100. The van der Waals surface area contributed by atoms with E-state index in [1.807, 2.05) is 4.98 Å². The predicted molar refractivity (Wildman–Crippen MR) is 94.8 cm³/mol. The Kier molecular flexibility index (Phi) is 7.94. The van der Waals surface area contributed by atoms with Crippen molar-refractivity contribution < 1.29 is 56.3 Å². The Morgan fingerprint density at radius 3 is 2.35 bits per heavy atom. The predicted octanol–water partition coefficient (Wildman–Crippen LogP) is -1.33. The minimum atomic E-state index is -5.73. The van der Waals surface area contributed by atoms with Gasteiger partial charge >= 0.3 is 29.2 Å². The number of nitrogens with one attached hydrogen (secondary N) is 1. The third-order valence-electron chi connectivity index (χ3n) is 3.79. The molecule has 1 aromatic rings. The number of phosphoric ester groups is 1. The lowest BCUT2D eigenvalue weighted by Crippen LogP contribution is -2.36. The lowest BCUT2D eigenvalue weighted by Gasteiger charge is -2.20. The molecule has 17 nitrogen and oxygen atoms in total. The summed E-state index contributed by atoms with van der Waals surface area (Å²) in [5.41, 5.74) is -1.69. The molecule has 0 bridgehead atoms. The van der Waals surface area contributed by atoms with E-state index in [2.05, 4.69) is 13.1 Å². The molecule has 0 spiro atoms. The molecule has 0 aromatic carbocycles. The molecular weight excluding hydrogens is 491 g/mol. The van der Waals surface area contributed by atoms with Crippen molar-refractivity contribution in [3.05, 3.63) is 33.1 Å². The van der Waals surface area contributed by atoms with E-state index in [9.17, 15) is 33.3 Å². The van der Waals surface area contributed by atoms with Gasteiger partial charge < -0.3 is 29.4 Å². The molecule has 174 valence electrons. The molecule has 0 saturated carbocycles. The van der Waals surface area contributed by atoms with Gasteiger partial charge in [-0.15, -0.1) is 0 Å². The van der Waals surface area contributed by atoms with Crippen LogP contribution in [0.4, 0.5) is 0 Å². The Morgan fingerprint density at radius 1 is 1.16 bits per heavy atom. The van der Waals surface area contributed by atoms with E-state index in [-0.39, 0.29) is 6.42 Å². The van der Waals surface area contributed by atoms with Crippen molar-refractivity contribution in [1.82, 2.24) is 9.55 Å². The van der Waals surface area contributed by atoms with Crippen molar-refractivity contribution in [3.8, 4) is 6.07 Å². The van der Waals surface area contributed by atoms with Crippen LogP contribution in [0.25, 0.3) is 0 Å². The van der Waals surface area contributed by atoms with E-state index in [4.69, 9.17) is 24.7 Å². The molecule has 1 aliphatic rings. The van der Waals surface area contributed by atoms with E-state index in [0.717, 1.165) is 16.8 Å². The molecule has 2 heterocycles. The molecule has 31 heavy (non-hydrogen) atoms. The average Bonchev–Trinajstić information content (AvgIpc) is 2.87. The molecule has 1 aliphatic heterocycles. The van der Waals surface area contributed by atoms with Gasteiger partial charge in [-0.1, -0.05) is 0 Å². The lowest BCUT2D eigenvalue weighted by molar-refractivity contribution is -0.0528. The van der Waals surface area contributed by atoms with Crippen molar-refractivity contribution in [3.63, 3.8) is 0 Å². The van der Waals surface area contributed by atoms with Gasteiger partial charge in [0.15, 0.2) is 6.23 Å². The zero-order valence-corrected chi connectivity index (χ0v) is 17.7. The van der Waals surface area contributed by atoms with Gasteiger partial charge in [-0.25, -0.2) is 18.5 Å². The van der Waals surface area contributed by atoms with Gasteiger partial charge in [0, 0.05) is 24.6 Å². The number of nitrogens with zero attached hydrogens (tertiary/aromatic N) is 2. The Balaban J connectivity index is 2.15. The van der Waals surface area contributed by atoms with Crippen LogP contribution >= 0.6 is 23.5 Å². The van der Waals surface area contributed by atoms with Gasteiger partial charge in [0.05, 0.1) is 18.8 Å². The van der Waals surface area contributed by atoms with Crippen LogP contribution in [0.2, 0.25) is 0 Å². The highest BCUT2D eigenvalue weighted by Crippen LogP contribution is 2.66. The van der Waals surface area contributed by atoms with Crippen molar-refractivity contribution in [2.75, 3.05) is 6.61 Å². The average molecular weight is 507 g/mol.